The Bertz CT molecular complexity index is 469. The summed E-state index contributed by atoms with van der Waals surface area (Å²) in [4.78, 5) is 0. The van der Waals surface area contributed by atoms with Gasteiger partial charge in [-0.05, 0) is 13.3 Å². The second-order valence-corrected chi connectivity index (χ2v) is 7.19. The Morgan fingerprint density at radius 2 is 1.95 bits per heavy atom. The molecule has 2 saturated heterocycles. The molecule has 0 aromatic carbocycles. The topological polar surface area (TPSA) is 62.2 Å². The summed E-state index contributed by atoms with van der Waals surface area (Å²) in [5.74, 6) is 0. The smallest absolute Gasteiger partial charge is 0.126 e. The van der Waals surface area contributed by atoms with E-state index < -0.39 is 23.0 Å². The van der Waals surface area contributed by atoms with Crippen molar-refractivity contribution in [2.45, 2.75) is 63.6 Å². The average Bonchev–Trinajstić information content (AvgIpc) is 3.09. The zero-order chi connectivity index (χ0) is 13.6. The first-order valence-electron chi connectivity index (χ1n) is 7.19. The molecule has 0 unspecified atom stereocenters. The largest absolute Gasteiger partial charge is 0.392 e. The maximum Gasteiger partial charge on any atom is 0.126 e. The quantitative estimate of drug-likeness (QED) is 0.507. The highest BCUT2D eigenvalue weighted by Crippen LogP contribution is 2.71. The van der Waals surface area contributed by atoms with Gasteiger partial charge in [0.25, 0.3) is 0 Å². The zero-order valence-electron chi connectivity index (χ0n) is 11.7. The van der Waals surface area contributed by atoms with Gasteiger partial charge in [-0.25, -0.2) is 0 Å². The fraction of sp³-hybridized carbons (Fsp3) is 0.867. The molecule has 4 rings (SSSR count). The molecule has 2 aliphatic carbocycles. The molecular weight excluding hydrogens is 244 g/mol. The van der Waals surface area contributed by atoms with Crippen molar-refractivity contribution >= 4 is 0 Å². The Labute approximate surface area is 113 Å². The standard InChI is InChI=1S/C15H22O4/c1-8-4-9(16)13(2)11(5-8)19-12-6-10(17)14(13,3)15(12)7-18-15/h5,9-12,16-17H,4,6-7H2,1-3H3/t9-,10-,11-,12-,13+,14-,15+/m1/s1. The van der Waals surface area contributed by atoms with Crippen molar-refractivity contribution in [3.8, 4) is 0 Å². The van der Waals surface area contributed by atoms with Crippen molar-refractivity contribution in [2.75, 3.05) is 6.61 Å². The summed E-state index contributed by atoms with van der Waals surface area (Å²) in [6.45, 7) is 6.81. The number of hydrogen-bond donors (Lipinski definition) is 2. The van der Waals surface area contributed by atoms with Crippen LogP contribution in [0.2, 0.25) is 0 Å². The number of hydrogen-bond acceptors (Lipinski definition) is 4. The molecule has 7 atom stereocenters. The molecule has 0 aromatic rings. The summed E-state index contributed by atoms with van der Waals surface area (Å²) in [5, 5.41) is 21.3. The van der Waals surface area contributed by atoms with E-state index in [0.29, 0.717) is 19.4 Å². The summed E-state index contributed by atoms with van der Waals surface area (Å²) in [6.07, 6.45) is 2.25. The van der Waals surface area contributed by atoms with Crippen LogP contribution in [0.15, 0.2) is 11.6 Å². The normalized spacial score (nSPS) is 62.9. The van der Waals surface area contributed by atoms with Crippen LogP contribution in [-0.2, 0) is 9.47 Å². The number of ether oxygens (including phenoxy) is 2. The molecule has 19 heavy (non-hydrogen) atoms. The second-order valence-electron chi connectivity index (χ2n) is 7.19. The van der Waals surface area contributed by atoms with Crippen LogP contribution >= 0.6 is 0 Å². The van der Waals surface area contributed by atoms with Crippen LogP contribution in [0.4, 0.5) is 0 Å². The van der Waals surface area contributed by atoms with Gasteiger partial charge in [-0.3, -0.25) is 0 Å². The van der Waals surface area contributed by atoms with Crippen LogP contribution < -0.4 is 0 Å². The van der Waals surface area contributed by atoms with Crippen LogP contribution in [-0.4, -0.2) is 46.8 Å². The van der Waals surface area contributed by atoms with E-state index in [2.05, 4.69) is 19.9 Å². The molecule has 106 valence electrons. The van der Waals surface area contributed by atoms with E-state index in [9.17, 15) is 10.2 Å². The Balaban J connectivity index is 1.91. The molecule has 4 nitrogen and oxygen atoms in total. The lowest BCUT2D eigenvalue weighted by Crippen LogP contribution is -2.67. The Kier molecular flexibility index (Phi) is 2.11. The lowest BCUT2D eigenvalue weighted by Gasteiger charge is -2.59. The minimum atomic E-state index is -0.498. The van der Waals surface area contributed by atoms with E-state index in [1.807, 2.05) is 6.92 Å². The number of fused-ring (bicyclic) bond motifs is 2. The predicted molar refractivity (Wildman–Crippen MR) is 68.6 cm³/mol. The molecule has 2 N–H and O–H groups in total. The van der Waals surface area contributed by atoms with E-state index in [1.165, 1.54) is 5.57 Å². The van der Waals surface area contributed by atoms with Gasteiger partial charge >= 0.3 is 0 Å². The fourth-order valence-corrected chi connectivity index (χ4v) is 4.99. The summed E-state index contributed by atoms with van der Waals surface area (Å²) in [6, 6.07) is 0. The molecule has 0 amide bonds. The van der Waals surface area contributed by atoms with Gasteiger partial charge in [-0.15, -0.1) is 0 Å². The van der Waals surface area contributed by atoms with Crippen LogP contribution in [0.3, 0.4) is 0 Å². The third-order valence-electron chi connectivity index (χ3n) is 6.62. The van der Waals surface area contributed by atoms with E-state index >= 15 is 0 Å². The van der Waals surface area contributed by atoms with Gasteiger partial charge in [0.15, 0.2) is 0 Å². The number of aliphatic hydroxyl groups is 2. The highest BCUT2D eigenvalue weighted by molar-refractivity contribution is 5.33. The summed E-state index contributed by atoms with van der Waals surface area (Å²) in [7, 11) is 0. The van der Waals surface area contributed by atoms with Crippen molar-refractivity contribution in [1.29, 1.82) is 0 Å². The monoisotopic (exact) mass is 266 g/mol. The molecule has 1 spiro atoms. The molecule has 2 heterocycles. The minimum Gasteiger partial charge on any atom is -0.392 e. The van der Waals surface area contributed by atoms with Gasteiger partial charge in [-0.1, -0.05) is 25.5 Å². The molecule has 4 aliphatic rings. The van der Waals surface area contributed by atoms with Gasteiger partial charge < -0.3 is 19.7 Å². The number of aliphatic hydroxyl groups excluding tert-OH is 2. The first-order chi connectivity index (χ1) is 8.86. The molecule has 2 aliphatic heterocycles. The van der Waals surface area contributed by atoms with Crippen LogP contribution in [0, 0.1) is 10.8 Å². The fourth-order valence-electron chi connectivity index (χ4n) is 4.99. The molecule has 1 saturated carbocycles. The van der Waals surface area contributed by atoms with Crippen molar-refractivity contribution in [1.82, 2.24) is 0 Å². The molecular formula is C15H22O4. The maximum absolute atomic E-state index is 10.7. The van der Waals surface area contributed by atoms with E-state index in [4.69, 9.17) is 9.47 Å². The highest BCUT2D eigenvalue weighted by Gasteiger charge is 2.81. The van der Waals surface area contributed by atoms with Crippen molar-refractivity contribution < 1.29 is 19.7 Å². The molecule has 0 aromatic heterocycles. The van der Waals surface area contributed by atoms with Crippen LogP contribution in [0.25, 0.3) is 0 Å². The third-order valence-corrected chi connectivity index (χ3v) is 6.62. The van der Waals surface area contributed by atoms with Crippen molar-refractivity contribution in [2.24, 2.45) is 10.8 Å². The Hall–Kier alpha value is -0.420. The van der Waals surface area contributed by atoms with Gasteiger partial charge in [-0.2, -0.15) is 0 Å². The lowest BCUT2D eigenvalue weighted by molar-refractivity contribution is -0.237. The van der Waals surface area contributed by atoms with Gasteiger partial charge in [0.1, 0.15) is 5.60 Å². The molecule has 3 fully saturated rings. The second kappa shape index (κ2) is 3.25. The van der Waals surface area contributed by atoms with E-state index in [-0.39, 0.29) is 17.8 Å². The predicted octanol–water partition coefficient (Wildman–Crippen LogP) is 1.01. The van der Waals surface area contributed by atoms with Crippen molar-refractivity contribution in [3.05, 3.63) is 11.6 Å². The number of epoxide rings is 1. The maximum atomic E-state index is 10.7. The first kappa shape index (κ1) is 12.3. The number of rotatable bonds is 0. The third kappa shape index (κ3) is 1.09. The molecule has 4 heteroatoms. The lowest BCUT2D eigenvalue weighted by atomic mass is 9.51. The molecule has 0 radical (unpaired) electrons. The zero-order valence-corrected chi connectivity index (χ0v) is 11.7. The molecule has 2 bridgehead atoms. The first-order valence-corrected chi connectivity index (χ1v) is 7.19. The van der Waals surface area contributed by atoms with Gasteiger partial charge in [0, 0.05) is 17.3 Å². The minimum absolute atomic E-state index is 0.0417. The Morgan fingerprint density at radius 3 is 2.58 bits per heavy atom. The van der Waals surface area contributed by atoms with Gasteiger partial charge in [0.2, 0.25) is 0 Å². The SMILES string of the molecule is CC1=C[C@H]2O[C@@H]3C[C@@H](O)[C@](C)([C@@]2(C)[C@H](O)C1)[C@]31CO1. The van der Waals surface area contributed by atoms with Crippen molar-refractivity contribution in [3.63, 3.8) is 0 Å². The average molecular weight is 266 g/mol. The van der Waals surface area contributed by atoms with Crippen LogP contribution in [0.5, 0.6) is 0 Å². The summed E-state index contributed by atoms with van der Waals surface area (Å²) < 4.78 is 12.0. The van der Waals surface area contributed by atoms with E-state index in [1.54, 1.807) is 0 Å². The summed E-state index contributed by atoms with van der Waals surface area (Å²) >= 11 is 0. The van der Waals surface area contributed by atoms with Crippen LogP contribution in [0.1, 0.15) is 33.6 Å². The van der Waals surface area contributed by atoms with Gasteiger partial charge in [0.05, 0.1) is 31.0 Å². The highest BCUT2D eigenvalue weighted by atomic mass is 16.6. The Morgan fingerprint density at radius 1 is 1.26 bits per heavy atom. The summed E-state index contributed by atoms with van der Waals surface area (Å²) in [5.41, 5.74) is -0.141. The van der Waals surface area contributed by atoms with E-state index in [0.717, 1.165) is 0 Å².